The summed E-state index contributed by atoms with van der Waals surface area (Å²) in [4.78, 5) is 0. The molecule has 0 aromatic heterocycles. The van der Waals surface area contributed by atoms with E-state index in [1.807, 2.05) is 0 Å². The van der Waals surface area contributed by atoms with Crippen LogP contribution in [0.1, 0.15) is 0 Å². The first kappa shape index (κ1) is 10.9. The lowest BCUT2D eigenvalue weighted by Gasteiger charge is -2.10. The minimum Gasteiger partial charge on any atom is -0.506 e. The molecule has 0 aliphatic heterocycles. The highest BCUT2D eigenvalue weighted by Gasteiger charge is 2.11. The molecule has 0 atom stereocenters. The van der Waals surface area contributed by atoms with Gasteiger partial charge in [0.25, 0.3) is 0 Å². The van der Waals surface area contributed by atoms with Crippen molar-refractivity contribution in [3.8, 4) is 23.0 Å². The van der Waals surface area contributed by atoms with Crippen molar-refractivity contribution in [1.82, 2.24) is 0 Å². The Morgan fingerprint density at radius 3 is 2.47 bits per heavy atom. The molecule has 0 unspecified atom stereocenters. The number of rotatable bonds is 2. The number of nitrogens with two attached hydrogens (primary N) is 2. The monoisotopic (exact) mass is 232 g/mol. The fraction of sp³-hybridized carbons (Fsp3) is 0. The maximum Gasteiger partial charge on any atom is 0.185 e. The van der Waals surface area contributed by atoms with E-state index >= 15 is 0 Å². The predicted molar refractivity (Wildman–Crippen MR) is 65.1 cm³/mol. The Kier molecular flexibility index (Phi) is 2.66. The molecule has 5 nitrogen and oxygen atoms in total. The molecule has 88 valence electrons. The van der Waals surface area contributed by atoms with Crippen LogP contribution in [0.15, 0.2) is 36.4 Å². The number of phenolic OH excluding ortho intramolecular Hbond substituents is 2. The lowest BCUT2D eigenvalue weighted by molar-refractivity contribution is 0.406. The highest BCUT2D eigenvalue weighted by atomic mass is 16.5. The van der Waals surface area contributed by atoms with E-state index in [2.05, 4.69) is 0 Å². The van der Waals surface area contributed by atoms with Crippen molar-refractivity contribution >= 4 is 11.4 Å². The predicted octanol–water partition coefficient (Wildman–Crippen LogP) is 2.05. The summed E-state index contributed by atoms with van der Waals surface area (Å²) in [6.07, 6.45) is 0. The Bertz CT molecular complexity index is 555. The molecule has 5 heteroatoms. The Balaban J connectivity index is 2.34. The van der Waals surface area contributed by atoms with Crippen molar-refractivity contribution in [1.29, 1.82) is 0 Å². The molecule has 0 saturated heterocycles. The van der Waals surface area contributed by atoms with Crippen LogP contribution in [0.4, 0.5) is 11.4 Å². The molecule has 2 rings (SSSR count). The molecule has 0 radical (unpaired) electrons. The molecule has 0 saturated carbocycles. The molecular weight excluding hydrogens is 220 g/mol. The topological polar surface area (TPSA) is 102 Å². The van der Waals surface area contributed by atoms with E-state index in [9.17, 15) is 10.2 Å². The van der Waals surface area contributed by atoms with E-state index in [0.717, 1.165) is 0 Å². The van der Waals surface area contributed by atoms with Crippen LogP contribution in [0, 0.1) is 0 Å². The van der Waals surface area contributed by atoms with Gasteiger partial charge in [-0.15, -0.1) is 0 Å². The van der Waals surface area contributed by atoms with Gasteiger partial charge in [0, 0.05) is 11.8 Å². The van der Waals surface area contributed by atoms with Crippen LogP contribution in [0.25, 0.3) is 0 Å². The maximum absolute atomic E-state index is 9.67. The third-order valence-electron chi connectivity index (χ3n) is 2.24. The van der Waals surface area contributed by atoms with E-state index in [1.165, 1.54) is 12.1 Å². The minimum absolute atomic E-state index is 0.119. The largest absolute Gasteiger partial charge is 0.506 e. The first-order valence-electron chi connectivity index (χ1n) is 4.91. The summed E-state index contributed by atoms with van der Waals surface area (Å²) in [7, 11) is 0. The fourth-order valence-electron chi connectivity index (χ4n) is 1.36. The van der Waals surface area contributed by atoms with Gasteiger partial charge in [0.15, 0.2) is 11.5 Å². The van der Waals surface area contributed by atoms with Crippen molar-refractivity contribution in [3.05, 3.63) is 36.4 Å². The smallest absolute Gasteiger partial charge is 0.185 e. The first-order chi connectivity index (χ1) is 8.08. The fourth-order valence-corrected chi connectivity index (χ4v) is 1.36. The SMILES string of the molecule is Nc1cccc(Oc2ccc(O)c(N)c2O)c1. The normalized spacial score (nSPS) is 10.1. The van der Waals surface area contributed by atoms with E-state index in [0.29, 0.717) is 11.4 Å². The number of aromatic hydroxyl groups is 2. The molecule has 0 fully saturated rings. The van der Waals surface area contributed by atoms with Crippen LogP contribution in [0.3, 0.4) is 0 Å². The number of hydrogen-bond donors (Lipinski definition) is 4. The van der Waals surface area contributed by atoms with Crippen LogP contribution < -0.4 is 16.2 Å². The third kappa shape index (κ3) is 2.17. The molecular formula is C12H12N2O3. The number of nitrogen functional groups attached to an aromatic ring is 2. The van der Waals surface area contributed by atoms with Gasteiger partial charge in [-0.25, -0.2) is 0 Å². The van der Waals surface area contributed by atoms with Crippen molar-refractivity contribution < 1.29 is 14.9 Å². The molecule has 17 heavy (non-hydrogen) atoms. The van der Waals surface area contributed by atoms with Crippen LogP contribution in [0.2, 0.25) is 0 Å². The molecule has 6 N–H and O–H groups in total. The molecule has 0 aliphatic rings. The maximum atomic E-state index is 9.67. The zero-order valence-corrected chi connectivity index (χ0v) is 8.92. The minimum atomic E-state index is -0.299. The van der Waals surface area contributed by atoms with E-state index < -0.39 is 0 Å². The van der Waals surface area contributed by atoms with Gasteiger partial charge in [0.05, 0.1) is 0 Å². The Hall–Kier alpha value is -2.56. The number of benzene rings is 2. The van der Waals surface area contributed by atoms with Crippen molar-refractivity contribution in [2.24, 2.45) is 0 Å². The molecule has 0 spiro atoms. The van der Waals surface area contributed by atoms with Crippen LogP contribution in [0.5, 0.6) is 23.0 Å². The average molecular weight is 232 g/mol. The van der Waals surface area contributed by atoms with E-state index in [1.54, 1.807) is 24.3 Å². The second-order valence-corrected chi connectivity index (χ2v) is 3.52. The molecule has 0 heterocycles. The zero-order chi connectivity index (χ0) is 12.4. The number of phenols is 2. The van der Waals surface area contributed by atoms with E-state index in [-0.39, 0.29) is 22.9 Å². The van der Waals surface area contributed by atoms with Crippen molar-refractivity contribution in [3.63, 3.8) is 0 Å². The lowest BCUT2D eigenvalue weighted by Crippen LogP contribution is -1.91. The highest BCUT2D eigenvalue weighted by molar-refractivity contribution is 5.67. The highest BCUT2D eigenvalue weighted by Crippen LogP contribution is 2.40. The summed E-state index contributed by atoms with van der Waals surface area (Å²) in [6, 6.07) is 9.52. The number of hydrogen-bond acceptors (Lipinski definition) is 5. The van der Waals surface area contributed by atoms with Crippen LogP contribution >= 0.6 is 0 Å². The van der Waals surface area contributed by atoms with Crippen molar-refractivity contribution in [2.75, 3.05) is 11.5 Å². The average Bonchev–Trinajstić information content (AvgIpc) is 2.30. The molecule has 0 amide bonds. The van der Waals surface area contributed by atoms with Gasteiger partial charge >= 0.3 is 0 Å². The van der Waals surface area contributed by atoms with Crippen LogP contribution in [-0.4, -0.2) is 10.2 Å². The van der Waals surface area contributed by atoms with Gasteiger partial charge in [-0.1, -0.05) is 6.07 Å². The van der Waals surface area contributed by atoms with Gasteiger partial charge in [-0.2, -0.15) is 0 Å². The van der Waals surface area contributed by atoms with Gasteiger partial charge in [0.2, 0.25) is 0 Å². The second-order valence-electron chi connectivity index (χ2n) is 3.52. The summed E-state index contributed by atoms with van der Waals surface area (Å²) in [6.45, 7) is 0. The summed E-state index contributed by atoms with van der Waals surface area (Å²) in [5.74, 6) is 0.145. The Morgan fingerprint density at radius 1 is 1.00 bits per heavy atom. The van der Waals surface area contributed by atoms with E-state index in [4.69, 9.17) is 16.2 Å². The van der Waals surface area contributed by atoms with Crippen LogP contribution in [-0.2, 0) is 0 Å². The molecule has 0 aliphatic carbocycles. The van der Waals surface area contributed by atoms with Gasteiger partial charge in [0.1, 0.15) is 17.2 Å². The van der Waals surface area contributed by atoms with Gasteiger partial charge < -0.3 is 26.4 Å². The van der Waals surface area contributed by atoms with Gasteiger partial charge in [-0.3, -0.25) is 0 Å². The zero-order valence-electron chi connectivity index (χ0n) is 8.92. The molecule has 2 aromatic rings. The third-order valence-corrected chi connectivity index (χ3v) is 2.24. The first-order valence-corrected chi connectivity index (χ1v) is 4.91. The molecule has 2 aromatic carbocycles. The molecule has 0 bridgehead atoms. The quantitative estimate of drug-likeness (QED) is 0.469. The number of ether oxygens (including phenoxy) is 1. The summed E-state index contributed by atoms with van der Waals surface area (Å²) in [5, 5.41) is 18.9. The van der Waals surface area contributed by atoms with Gasteiger partial charge in [-0.05, 0) is 24.3 Å². The summed E-state index contributed by atoms with van der Waals surface area (Å²) >= 11 is 0. The summed E-state index contributed by atoms with van der Waals surface area (Å²) < 4.78 is 5.40. The lowest BCUT2D eigenvalue weighted by atomic mass is 10.2. The second kappa shape index (κ2) is 4.13. The number of anilines is 2. The van der Waals surface area contributed by atoms with Crippen molar-refractivity contribution in [2.45, 2.75) is 0 Å². The standard InChI is InChI=1S/C12H12N2O3/c13-7-2-1-3-8(6-7)17-10-5-4-9(15)11(14)12(10)16/h1-6,15-16H,13-14H2. The Labute approximate surface area is 97.9 Å². The summed E-state index contributed by atoms with van der Waals surface area (Å²) in [5.41, 5.74) is 11.5. The Morgan fingerprint density at radius 2 is 1.76 bits per heavy atom.